The standard InChI is InChI=1S/C13H22ClNO2S/c1-4-10(15)13(11-5-6-12(14)18-11)17-8-7-16-9(2)3/h5-6,9-10,13H,4,7-8,15H2,1-3H3. The van der Waals surface area contributed by atoms with Crippen molar-refractivity contribution in [1.82, 2.24) is 0 Å². The van der Waals surface area contributed by atoms with E-state index in [0.29, 0.717) is 13.2 Å². The van der Waals surface area contributed by atoms with E-state index in [9.17, 15) is 0 Å². The van der Waals surface area contributed by atoms with E-state index < -0.39 is 0 Å². The second-order valence-corrected chi connectivity index (χ2v) is 6.17. The highest BCUT2D eigenvalue weighted by atomic mass is 35.5. The predicted molar refractivity (Wildman–Crippen MR) is 77.4 cm³/mol. The zero-order valence-corrected chi connectivity index (χ0v) is 12.8. The number of thiophene rings is 1. The van der Waals surface area contributed by atoms with Crippen molar-refractivity contribution in [3.8, 4) is 0 Å². The topological polar surface area (TPSA) is 44.5 Å². The van der Waals surface area contributed by atoms with Crippen LogP contribution in [0.4, 0.5) is 0 Å². The van der Waals surface area contributed by atoms with Crippen molar-refractivity contribution in [2.75, 3.05) is 13.2 Å². The normalized spacial score (nSPS) is 15.0. The first-order valence-electron chi connectivity index (χ1n) is 6.28. The number of hydrogen-bond acceptors (Lipinski definition) is 4. The van der Waals surface area contributed by atoms with Gasteiger partial charge >= 0.3 is 0 Å². The molecule has 18 heavy (non-hydrogen) atoms. The summed E-state index contributed by atoms with van der Waals surface area (Å²) >= 11 is 7.48. The molecule has 2 N–H and O–H groups in total. The molecule has 0 aliphatic heterocycles. The fourth-order valence-corrected chi connectivity index (χ4v) is 2.76. The maximum Gasteiger partial charge on any atom is 0.107 e. The van der Waals surface area contributed by atoms with Crippen molar-refractivity contribution >= 4 is 22.9 Å². The van der Waals surface area contributed by atoms with E-state index in [1.165, 1.54) is 11.3 Å². The average Bonchev–Trinajstić information content (AvgIpc) is 2.74. The predicted octanol–water partition coefficient (Wildman–Crippen LogP) is 3.62. The SMILES string of the molecule is CCC(N)C(OCCOC(C)C)c1ccc(Cl)s1. The molecule has 2 atom stereocenters. The van der Waals surface area contributed by atoms with Crippen LogP contribution in [0, 0.1) is 0 Å². The Morgan fingerprint density at radius 3 is 2.44 bits per heavy atom. The lowest BCUT2D eigenvalue weighted by Gasteiger charge is -2.22. The summed E-state index contributed by atoms with van der Waals surface area (Å²) in [4.78, 5) is 1.08. The highest BCUT2D eigenvalue weighted by molar-refractivity contribution is 7.16. The summed E-state index contributed by atoms with van der Waals surface area (Å²) < 4.78 is 12.1. The van der Waals surface area contributed by atoms with Gasteiger partial charge in [0.1, 0.15) is 6.10 Å². The Labute approximate surface area is 118 Å². The van der Waals surface area contributed by atoms with Crippen molar-refractivity contribution in [1.29, 1.82) is 0 Å². The lowest BCUT2D eigenvalue weighted by molar-refractivity contribution is -0.0211. The van der Waals surface area contributed by atoms with Gasteiger partial charge in [-0.05, 0) is 32.4 Å². The summed E-state index contributed by atoms with van der Waals surface area (Å²) in [5, 5.41) is 0. The molecule has 0 fully saturated rings. The number of nitrogens with two attached hydrogens (primary N) is 1. The minimum atomic E-state index is -0.0942. The van der Waals surface area contributed by atoms with Gasteiger partial charge in [0.05, 0.1) is 23.7 Å². The molecule has 0 bridgehead atoms. The molecule has 104 valence electrons. The van der Waals surface area contributed by atoms with E-state index in [1.807, 2.05) is 26.0 Å². The summed E-state index contributed by atoms with van der Waals surface area (Å²) in [6.07, 6.45) is 0.997. The van der Waals surface area contributed by atoms with Gasteiger partial charge in [-0.3, -0.25) is 0 Å². The molecule has 1 heterocycles. The van der Waals surface area contributed by atoms with Gasteiger partial charge in [-0.15, -0.1) is 11.3 Å². The Balaban J connectivity index is 2.51. The van der Waals surface area contributed by atoms with Gasteiger partial charge in [-0.1, -0.05) is 18.5 Å². The lowest BCUT2D eigenvalue weighted by atomic mass is 10.1. The van der Waals surface area contributed by atoms with Gasteiger partial charge in [0.2, 0.25) is 0 Å². The summed E-state index contributed by atoms with van der Waals surface area (Å²) in [5.41, 5.74) is 6.10. The van der Waals surface area contributed by atoms with Crippen molar-refractivity contribution in [2.24, 2.45) is 5.73 Å². The Morgan fingerprint density at radius 1 is 1.28 bits per heavy atom. The Bertz CT molecular complexity index is 343. The highest BCUT2D eigenvalue weighted by Crippen LogP contribution is 2.31. The van der Waals surface area contributed by atoms with Gasteiger partial charge < -0.3 is 15.2 Å². The summed E-state index contributed by atoms with van der Waals surface area (Å²) in [6.45, 7) is 7.21. The van der Waals surface area contributed by atoms with Crippen LogP contribution in [-0.2, 0) is 9.47 Å². The number of halogens is 1. The third-order valence-electron chi connectivity index (χ3n) is 2.57. The first kappa shape index (κ1) is 15.9. The Morgan fingerprint density at radius 2 is 1.94 bits per heavy atom. The third-order valence-corrected chi connectivity index (χ3v) is 3.86. The smallest absolute Gasteiger partial charge is 0.107 e. The summed E-state index contributed by atoms with van der Waals surface area (Å²) in [6, 6.07) is 3.85. The Hall–Kier alpha value is -0.130. The molecule has 0 aliphatic carbocycles. The van der Waals surface area contributed by atoms with E-state index in [2.05, 4.69) is 6.92 Å². The maximum absolute atomic E-state index is 6.10. The van der Waals surface area contributed by atoms with Crippen LogP contribution in [0.15, 0.2) is 12.1 Å². The van der Waals surface area contributed by atoms with E-state index in [4.69, 9.17) is 26.8 Å². The fourth-order valence-electron chi connectivity index (χ4n) is 1.57. The van der Waals surface area contributed by atoms with Gasteiger partial charge in [-0.25, -0.2) is 0 Å². The molecular formula is C13H22ClNO2S. The molecule has 3 nitrogen and oxygen atoms in total. The largest absolute Gasteiger partial charge is 0.376 e. The Kier molecular flexibility index (Phi) is 7.19. The third kappa shape index (κ3) is 5.24. The molecule has 0 saturated heterocycles. The van der Waals surface area contributed by atoms with Crippen LogP contribution in [-0.4, -0.2) is 25.4 Å². The van der Waals surface area contributed by atoms with Crippen LogP contribution in [0.5, 0.6) is 0 Å². The first-order chi connectivity index (χ1) is 8.54. The molecule has 5 heteroatoms. The molecule has 0 radical (unpaired) electrons. The zero-order valence-electron chi connectivity index (χ0n) is 11.2. The number of hydrogen-bond donors (Lipinski definition) is 1. The van der Waals surface area contributed by atoms with Crippen molar-refractivity contribution in [3.63, 3.8) is 0 Å². The van der Waals surface area contributed by atoms with Gasteiger partial charge in [-0.2, -0.15) is 0 Å². The van der Waals surface area contributed by atoms with Crippen molar-refractivity contribution in [3.05, 3.63) is 21.3 Å². The van der Waals surface area contributed by atoms with Crippen LogP contribution in [0.2, 0.25) is 4.34 Å². The monoisotopic (exact) mass is 291 g/mol. The van der Waals surface area contributed by atoms with Crippen LogP contribution < -0.4 is 5.73 Å². The van der Waals surface area contributed by atoms with Gasteiger partial charge in [0, 0.05) is 10.9 Å². The van der Waals surface area contributed by atoms with Crippen LogP contribution in [0.3, 0.4) is 0 Å². The quantitative estimate of drug-likeness (QED) is 0.744. The maximum atomic E-state index is 6.10. The minimum absolute atomic E-state index is 0.0150. The molecule has 0 amide bonds. The van der Waals surface area contributed by atoms with E-state index in [1.54, 1.807) is 0 Å². The van der Waals surface area contributed by atoms with Crippen molar-refractivity contribution in [2.45, 2.75) is 45.4 Å². The number of ether oxygens (including phenoxy) is 2. The zero-order chi connectivity index (χ0) is 13.5. The lowest BCUT2D eigenvalue weighted by Crippen LogP contribution is -2.30. The van der Waals surface area contributed by atoms with Gasteiger partial charge in [0.15, 0.2) is 0 Å². The van der Waals surface area contributed by atoms with E-state index in [0.717, 1.165) is 15.6 Å². The molecule has 1 aromatic rings. The second-order valence-electron chi connectivity index (χ2n) is 4.42. The average molecular weight is 292 g/mol. The highest BCUT2D eigenvalue weighted by Gasteiger charge is 2.21. The number of rotatable bonds is 8. The second kappa shape index (κ2) is 8.12. The molecule has 0 spiro atoms. The van der Waals surface area contributed by atoms with Crippen molar-refractivity contribution < 1.29 is 9.47 Å². The fraction of sp³-hybridized carbons (Fsp3) is 0.692. The van der Waals surface area contributed by atoms with E-state index >= 15 is 0 Å². The molecule has 0 aromatic carbocycles. The first-order valence-corrected chi connectivity index (χ1v) is 7.48. The molecule has 0 aliphatic rings. The molecule has 1 rings (SSSR count). The summed E-state index contributed by atoms with van der Waals surface area (Å²) in [5.74, 6) is 0. The molecular weight excluding hydrogens is 270 g/mol. The molecule has 2 unspecified atom stereocenters. The molecule has 1 aromatic heterocycles. The molecule has 0 saturated carbocycles. The van der Waals surface area contributed by atoms with Crippen LogP contribution in [0.25, 0.3) is 0 Å². The van der Waals surface area contributed by atoms with Crippen LogP contribution >= 0.6 is 22.9 Å². The van der Waals surface area contributed by atoms with E-state index in [-0.39, 0.29) is 18.2 Å². The minimum Gasteiger partial charge on any atom is -0.376 e. The summed E-state index contributed by atoms with van der Waals surface area (Å²) in [7, 11) is 0. The van der Waals surface area contributed by atoms with Crippen LogP contribution in [0.1, 0.15) is 38.2 Å². The van der Waals surface area contributed by atoms with Gasteiger partial charge in [0.25, 0.3) is 0 Å².